The number of aromatic nitrogens is 3. The van der Waals surface area contributed by atoms with Gasteiger partial charge in [0.2, 0.25) is 0 Å². The normalized spacial score (nSPS) is 17.6. The van der Waals surface area contributed by atoms with E-state index < -0.39 is 0 Å². The molecule has 1 unspecified atom stereocenters. The lowest BCUT2D eigenvalue weighted by molar-refractivity contribution is 0.0930. The number of rotatable bonds is 2. The predicted molar refractivity (Wildman–Crippen MR) is 73.5 cm³/mol. The number of H-pyrrole nitrogens is 2. The van der Waals surface area contributed by atoms with Gasteiger partial charge in [-0.3, -0.25) is 14.7 Å². The molecule has 20 heavy (non-hydrogen) atoms. The van der Waals surface area contributed by atoms with E-state index in [1.165, 1.54) is 6.20 Å². The Hall–Kier alpha value is -2.37. The molecule has 6 heteroatoms. The molecule has 104 valence electrons. The third-order valence-corrected chi connectivity index (χ3v) is 3.72. The first-order chi connectivity index (χ1) is 9.66. The quantitative estimate of drug-likeness (QED) is 0.767. The molecular formula is C14H16N4O2. The van der Waals surface area contributed by atoms with Gasteiger partial charge in [0.1, 0.15) is 5.56 Å². The Morgan fingerprint density at radius 2 is 2.30 bits per heavy atom. The largest absolute Gasteiger partial charge is 0.366 e. The summed E-state index contributed by atoms with van der Waals surface area (Å²) in [5.41, 5.74) is 2.54. The zero-order chi connectivity index (χ0) is 14.1. The van der Waals surface area contributed by atoms with Crippen molar-refractivity contribution in [2.75, 3.05) is 0 Å². The maximum atomic E-state index is 12.3. The van der Waals surface area contributed by atoms with Crippen molar-refractivity contribution in [2.45, 2.75) is 32.2 Å². The van der Waals surface area contributed by atoms with Crippen molar-refractivity contribution < 1.29 is 4.79 Å². The van der Waals surface area contributed by atoms with E-state index in [0.717, 1.165) is 30.5 Å². The van der Waals surface area contributed by atoms with Crippen LogP contribution in [0.15, 0.2) is 23.4 Å². The number of pyridine rings is 1. The van der Waals surface area contributed by atoms with Crippen molar-refractivity contribution in [1.82, 2.24) is 20.5 Å². The van der Waals surface area contributed by atoms with Gasteiger partial charge in [-0.1, -0.05) is 0 Å². The number of hydrogen-bond acceptors (Lipinski definition) is 3. The van der Waals surface area contributed by atoms with Gasteiger partial charge in [0, 0.05) is 18.0 Å². The Morgan fingerprint density at radius 3 is 3.15 bits per heavy atom. The van der Waals surface area contributed by atoms with Crippen molar-refractivity contribution in [1.29, 1.82) is 0 Å². The van der Waals surface area contributed by atoms with Gasteiger partial charge in [-0.05, 0) is 31.7 Å². The first-order valence-electron chi connectivity index (χ1n) is 6.67. The van der Waals surface area contributed by atoms with Gasteiger partial charge < -0.3 is 10.3 Å². The molecule has 3 N–H and O–H groups in total. The minimum Gasteiger partial charge on any atom is -0.366 e. The van der Waals surface area contributed by atoms with Crippen LogP contribution in [-0.2, 0) is 6.42 Å². The zero-order valence-corrected chi connectivity index (χ0v) is 11.2. The van der Waals surface area contributed by atoms with E-state index in [4.69, 9.17) is 0 Å². The highest BCUT2D eigenvalue weighted by molar-refractivity contribution is 5.94. The van der Waals surface area contributed by atoms with E-state index in [0.29, 0.717) is 5.56 Å². The number of aryl methyl sites for hydroxylation is 2. The van der Waals surface area contributed by atoms with Crippen LogP contribution in [0.1, 0.15) is 46.1 Å². The molecule has 0 aliphatic heterocycles. The van der Waals surface area contributed by atoms with Crippen LogP contribution in [0.2, 0.25) is 0 Å². The molecule has 0 bridgehead atoms. The summed E-state index contributed by atoms with van der Waals surface area (Å²) in [4.78, 5) is 27.0. The van der Waals surface area contributed by atoms with E-state index in [1.807, 2.05) is 0 Å². The van der Waals surface area contributed by atoms with E-state index >= 15 is 0 Å². The van der Waals surface area contributed by atoms with E-state index in [1.54, 1.807) is 19.3 Å². The highest BCUT2D eigenvalue weighted by Gasteiger charge is 2.24. The summed E-state index contributed by atoms with van der Waals surface area (Å²) in [6.07, 6.45) is 7.66. The van der Waals surface area contributed by atoms with Gasteiger partial charge >= 0.3 is 0 Å². The first kappa shape index (κ1) is 12.7. The van der Waals surface area contributed by atoms with Gasteiger partial charge in [-0.25, -0.2) is 0 Å². The Balaban J connectivity index is 1.84. The molecule has 3 rings (SSSR count). The number of nitrogens with one attached hydrogen (secondary N) is 3. The summed E-state index contributed by atoms with van der Waals surface area (Å²) in [6, 6.07) is -0.103. The summed E-state index contributed by atoms with van der Waals surface area (Å²) in [7, 11) is 0. The second-order valence-corrected chi connectivity index (χ2v) is 5.11. The minimum absolute atomic E-state index is 0.103. The second kappa shape index (κ2) is 4.96. The molecule has 1 amide bonds. The van der Waals surface area contributed by atoms with Crippen LogP contribution < -0.4 is 10.7 Å². The number of amides is 1. The van der Waals surface area contributed by atoms with E-state index in [9.17, 15) is 9.59 Å². The molecule has 0 aromatic carbocycles. The van der Waals surface area contributed by atoms with Crippen LogP contribution >= 0.6 is 0 Å². The molecule has 0 saturated carbocycles. The maximum Gasteiger partial charge on any atom is 0.257 e. The minimum atomic E-state index is -0.345. The highest BCUT2D eigenvalue weighted by atomic mass is 16.2. The second-order valence-electron chi connectivity index (χ2n) is 5.11. The monoisotopic (exact) mass is 272 g/mol. The molecule has 6 nitrogen and oxygen atoms in total. The van der Waals surface area contributed by atoms with E-state index in [2.05, 4.69) is 20.5 Å². The molecule has 0 spiro atoms. The number of aromatic amines is 2. The van der Waals surface area contributed by atoms with Crippen LogP contribution in [0.25, 0.3) is 0 Å². The zero-order valence-electron chi connectivity index (χ0n) is 11.2. The maximum absolute atomic E-state index is 12.3. The molecular weight excluding hydrogens is 256 g/mol. The molecule has 1 aliphatic rings. The molecule has 0 radical (unpaired) electrons. The van der Waals surface area contributed by atoms with Gasteiger partial charge in [-0.15, -0.1) is 0 Å². The number of carbonyl (C=O) groups excluding carboxylic acids is 1. The molecule has 2 heterocycles. The van der Waals surface area contributed by atoms with Crippen LogP contribution in [0.3, 0.4) is 0 Å². The Labute approximate surface area is 115 Å². The lowest BCUT2D eigenvalue weighted by atomic mass is 9.93. The van der Waals surface area contributed by atoms with Crippen LogP contribution in [0, 0.1) is 6.92 Å². The van der Waals surface area contributed by atoms with Crippen molar-refractivity contribution in [3.05, 3.63) is 51.2 Å². The fourth-order valence-corrected chi connectivity index (χ4v) is 2.61. The summed E-state index contributed by atoms with van der Waals surface area (Å²) in [5, 5.41) is 9.88. The van der Waals surface area contributed by atoms with Crippen LogP contribution in [0.5, 0.6) is 0 Å². The molecule has 0 fully saturated rings. The topological polar surface area (TPSA) is 90.6 Å². The highest BCUT2D eigenvalue weighted by Crippen LogP contribution is 2.27. The van der Waals surface area contributed by atoms with Gasteiger partial charge in [-0.2, -0.15) is 5.10 Å². The smallest absolute Gasteiger partial charge is 0.257 e. The third-order valence-electron chi connectivity index (χ3n) is 3.72. The molecule has 1 atom stereocenters. The molecule has 2 aromatic heterocycles. The van der Waals surface area contributed by atoms with Crippen molar-refractivity contribution >= 4 is 5.91 Å². The van der Waals surface area contributed by atoms with Crippen molar-refractivity contribution in [3.8, 4) is 0 Å². The SMILES string of the molecule is Cc1c[nH]cc(C(=O)NC2CCCc3cn[nH]c32)c1=O. The third kappa shape index (κ3) is 2.13. The van der Waals surface area contributed by atoms with Crippen molar-refractivity contribution in [2.24, 2.45) is 0 Å². The predicted octanol–water partition coefficient (Wildman–Crippen LogP) is 1.21. The van der Waals surface area contributed by atoms with Crippen LogP contribution in [-0.4, -0.2) is 21.1 Å². The van der Waals surface area contributed by atoms with Gasteiger partial charge in [0.25, 0.3) is 5.91 Å². The Kier molecular flexibility index (Phi) is 3.14. The lowest BCUT2D eigenvalue weighted by Gasteiger charge is -2.22. The first-order valence-corrected chi connectivity index (χ1v) is 6.67. The summed E-state index contributed by atoms with van der Waals surface area (Å²) >= 11 is 0. The van der Waals surface area contributed by atoms with Gasteiger partial charge in [0.05, 0.1) is 17.9 Å². The molecule has 1 aliphatic carbocycles. The fourth-order valence-electron chi connectivity index (χ4n) is 2.61. The number of fused-ring (bicyclic) bond motifs is 1. The van der Waals surface area contributed by atoms with E-state index in [-0.39, 0.29) is 22.9 Å². The number of nitrogens with zero attached hydrogens (tertiary/aromatic N) is 1. The summed E-state index contributed by atoms with van der Waals surface area (Å²) < 4.78 is 0. The number of carbonyl (C=O) groups is 1. The molecule has 0 saturated heterocycles. The summed E-state index contributed by atoms with van der Waals surface area (Å²) in [5.74, 6) is -0.345. The van der Waals surface area contributed by atoms with Gasteiger partial charge in [0.15, 0.2) is 5.43 Å². The average Bonchev–Trinajstić information content (AvgIpc) is 2.91. The lowest BCUT2D eigenvalue weighted by Crippen LogP contribution is -2.34. The Bertz CT molecular complexity index is 701. The summed E-state index contributed by atoms with van der Waals surface area (Å²) in [6.45, 7) is 1.68. The standard InChI is InChI=1S/C14H16N4O2/c1-8-5-15-7-10(13(8)19)14(20)17-11-4-2-3-9-6-16-18-12(9)11/h5-7,11H,2-4H2,1H3,(H,15,19)(H,16,18)(H,17,20). The van der Waals surface area contributed by atoms with Crippen molar-refractivity contribution in [3.63, 3.8) is 0 Å². The number of hydrogen-bond donors (Lipinski definition) is 3. The fraction of sp³-hybridized carbons (Fsp3) is 0.357. The molecule has 2 aromatic rings. The average molecular weight is 272 g/mol. The Morgan fingerprint density at radius 1 is 1.45 bits per heavy atom. The van der Waals surface area contributed by atoms with Crippen LogP contribution in [0.4, 0.5) is 0 Å².